The number of nitriles is 1. The Morgan fingerprint density at radius 3 is 2.17 bits per heavy atom. The molecule has 0 heterocycles. The molecule has 0 aliphatic heterocycles. The molecular weight excluding hydrogens is 314 g/mol. The molecule has 0 radical (unpaired) electrons. The summed E-state index contributed by atoms with van der Waals surface area (Å²) in [6, 6.07) is 0. The molecule has 24 heavy (non-hydrogen) atoms. The molecule has 0 aromatic rings. The summed E-state index contributed by atoms with van der Waals surface area (Å²) in [5, 5.41) is 10.5. The Balaban J connectivity index is 3.25. The van der Waals surface area contributed by atoms with Gasteiger partial charge in [-0.25, -0.2) is 0 Å². The first kappa shape index (κ1) is 23.3. The van der Waals surface area contributed by atoms with Crippen molar-refractivity contribution in [3.05, 3.63) is 23.3 Å². The third kappa shape index (κ3) is 19.3. The molecule has 0 atom stereocenters. The molecule has 0 bridgehead atoms. The lowest BCUT2D eigenvalue weighted by Crippen LogP contribution is -1.95. The van der Waals surface area contributed by atoms with Crippen molar-refractivity contribution in [2.75, 3.05) is 19.0 Å². The minimum atomic E-state index is 0.765. The van der Waals surface area contributed by atoms with E-state index in [4.69, 9.17) is 10.00 Å². The van der Waals surface area contributed by atoms with Crippen LogP contribution in [0.15, 0.2) is 23.3 Å². The van der Waals surface area contributed by atoms with E-state index in [0.717, 1.165) is 31.8 Å². The molecule has 0 rings (SSSR count). The molecule has 0 amide bonds. The molecule has 2 nitrogen and oxygen atoms in total. The first-order chi connectivity index (χ1) is 11.7. The number of thioether (sulfide) groups is 1. The highest BCUT2D eigenvalue weighted by atomic mass is 32.2. The second-order valence-electron chi connectivity index (χ2n) is 6.71. The first-order valence-corrected chi connectivity index (χ1v) is 10.5. The van der Waals surface area contributed by atoms with Gasteiger partial charge < -0.3 is 4.74 Å². The van der Waals surface area contributed by atoms with E-state index in [1.54, 1.807) is 0 Å². The summed E-state index contributed by atoms with van der Waals surface area (Å²) in [6.45, 7) is 8.16. The van der Waals surface area contributed by atoms with Crippen LogP contribution in [0, 0.1) is 10.7 Å². The summed E-state index contributed by atoms with van der Waals surface area (Å²) in [5.41, 5.74) is 2.83. The highest BCUT2D eigenvalue weighted by molar-refractivity contribution is 8.03. The Hall–Kier alpha value is -0.720. The molecule has 0 unspecified atom stereocenters. The van der Waals surface area contributed by atoms with Gasteiger partial charge in [-0.1, -0.05) is 61.8 Å². The van der Waals surface area contributed by atoms with Crippen LogP contribution >= 0.6 is 11.8 Å². The minimum absolute atomic E-state index is 0.765. The maximum atomic E-state index is 8.42. The van der Waals surface area contributed by atoms with E-state index >= 15 is 0 Å². The summed E-state index contributed by atoms with van der Waals surface area (Å²) in [4.78, 5) is 0. The summed E-state index contributed by atoms with van der Waals surface area (Å²) in [6.07, 6.45) is 17.1. The van der Waals surface area contributed by atoms with E-state index in [1.807, 2.05) is 0 Å². The number of thiocyanates is 1. The second kappa shape index (κ2) is 18.6. The molecular formula is C21H37NOS. The standard InChI is InChI=1S/C21H37NOS/c1-20(2)13-12-14-21(3)15-17-23-16-10-8-6-4-5-7-9-11-18-24-19-22/h13,15H,4-12,14,16-18H2,1-3H3. The molecule has 0 aliphatic rings. The van der Waals surface area contributed by atoms with Crippen LogP contribution in [0.2, 0.25) is 0 Å². The van der Waals surface area contributed by atoms with Crippen molar-refractivity contribution < 1.29 is 4.74 Å². The van der Waals surface area contributed by atoms with Crippen LogP contribution in [0.1, 0.15) is 85.0 Å². The van der Waals surface area contributed by atoms with Gasteiger partial charge in [0.05, 0.1) is 6.61 Å². The summed E-state index contributed by atoms with van der Waals surface area (Å²) >= 11 is 1.38. The predicted octanol–water partition coefficient (Wildman–Crippen LogP) is 7.03. The smallest absolute Gasteiger partial charge is 0.133 e. The molecule has 0 saturated carbocycles. The van der Waals surface area contributed by atoms with E-state index in [1.165, 1.54) is 74.3 Å². The predicted molar refractivity (Wildman–Crippen MR) is 108 cm³/mol. The Bertz CT molecular complexity index is 378. The molecule has 0 saturated heterocycles. The van der Waals surface area contributed by atoms with E-state index in [0.29, 0.717) is 0 Å². The van der Waals surface area contributed by atoms with Gasteiger partial charge in [-0.2, -0.15) is 5.26 Å². The lowest BCUT2D eigenvalue weighted by molar-refractivity contribution is 0.156. The highest BCUT2D eigenvalue weighted by Gasteiger charge is 1.94. The zero-order chi connectivity index (χ0) is 17.9. The van der Waals surface area contributed by atoms with Crippen LogP contribution in [-0.2, 0) is 4.74 Å². The summed E-state index contributed by atoms with van der Waals surface area (Å²) in [7, 11) is 0. The Labute approximate surface area is 154 Å². The summed E-state index contributed by atoms with van der Waals surface area (Å²) < 4.78 is 5.69. The molecule has 0 aromatic carbocycles. The molecule has 0 spiro atoms. The molecule has 0 aliphatic carbocycles. The fourth-order valence-electron chi connectivity index (χ4n) is 2.46. The third-order valence-corrected chi connectivity index (χ3v) is 4.61. The van der Waals surface area contributed by atoms with Crippen molar-refractivity contribution in [1.82, 2.24) is 0 Å². The van der Waals surface area contributed by atoms with Crippen molar-refractivity contribution in [2.24, 2.45) is 0 Å². The van der Waals surface area contributed by atoms with Gasteiger partial charge in [0, 0.05) is 12.4 Å². The monoisotopic (exact) mass is 351 g/mol. The van der Waals surface area contributed by atoms with Gasteiger partial charge in [-0.3, -0.25) is 0 Å². The quantitative estimate of drug-likeness (QED) is 0.170. The van der Waals surface area contributed by atoms with E-state index in [9.17, 15) is 0 Å². The van der Waals surface area contributed by atoms with Gasteiger partial charge in [0.15, 0.2) is 0 Å². The number of unbranched alkanes of at least 4 members (excludes halogenated alkanes) is 7. The van der Waals surface area contributed by atoms with Crippen molar-refractivity contribution in [3.63, 3.8) is 0 Å². The van der Waals surface area contributed by atoms with Gasteiger partial charge in [-0.05, 0) is 58.2 Å². The normalized spacial score (nSPS) is 11.3. The van der Waals surface area contributed by atoms with Crippen molar-refractivity contribution >= 4 is 11.8 Å². The van der Waals surface area contributed by atoms with Gasteiger partial charge in [-0.15, -0.1) is 0 Å². The lowest BCUT2D eigenvalue weighted by Gasteiger charge is -2.04. The zero-order valence-corrected chi connectivity index (χ0v) is 16.9. The zero-order valence-electron chi connectivity index (χ0n) is 16.1. The second-order valence-corrected chi connectivity index (χ2v) is 7.59. The number of rotatable bonds is 16. The van der Waals surface area contributed by atoms with Crippen LogP contribution in [-0.4, -0.2) is 19.0 Å². The van der Waals surface area contributed by atoms with Crippen LogP contribution in [0.3, 0.4) is 0 Å². The van der Waals surface area contributed by atoms with E-state index in [-0.39, 0.29) is 0 Å². The Morgan fingerprint density at radius 2 is 1.54 bits per heavy atom. The number of hydrogen-bond donors (Lipinski definition) is 0. The van der Waals surface area contributed by atoms with Crippen LogP contribution in [0.25, 0.3) is 0 Å². The van der Waals surface area contributed by atoms with Crippen LogP contribution in [0.5, 0.6) is 0 Å². The van der Waals surface area contributed by atoms with Crippen LogP contribution in [0.4, 0.5) is 0 Å². The maximum absolute atomic E-state index is 8.42. The van der Waals surface area contributed by atoms with Crippen molar-refractivity contribution in [1.29, 1.82) is 5.26 Å². The molecule has 0 N–H and O–H groups in total. The average molecular weight is 352 g/mol. The topological polar surface area (TPSA) is 33.0 Å². The average Bonchev–Trinajstić information content (AvgIpc) is 2.55. The largest absolute Gasteiger partial charge is 0.377 e. The number of hydrogen-bond acceptors (Lipinski definition) is 3. The van der Waals surface area contributed by atoms with E-state index in [2.05, 4.69) is 38.3 Å². The van der Waals surface area contributed by atoms with Crippen molar-refractivity contribution in [2.45, 2.75) is 85.0 Å². The number of allylic oxidation sites excluding steroid dienone is 3. The molecule has 0 fully saturated rings. The van der Waals surface area contributed by atoms with Gasteiger partial charge >= 0.3 is 0 Å². The highest BCUT2D eigenvalue weighted by Crippen LogP contribution is 2.11. The SMILES string of the molecule is CC(C)=CCCC(C)=CCOCCCCCCCCCCSC#N. The van der Waals surface area contributed by atoms with Gasteiger partial charge in [0.2, 0.25) is 0 Å². The first-order valence-electron chi connectivity index (χ1n) is 9.54. The number of ether oxygens (including phenoxy) is 1. The number of nitrogens with zero attached hydrogens (tertiary/aromatic N) is 1. The minimum Gasteiger partial charge on any atom is -0.377 e. The van der Waals surface area contributed by atoms with E-state index < -0.39 is 0 Å². The Kier molecular flexibility index (Phi) is 18.1. The lowest BCUT2D eigenvalue weighted by atomic mass is 10.1. The Morgan fingerprint density at radius 1 is 0.917 bits per heavy atom. The summed E-state index contributed by atoms with van der Waals surface area (Å²) in [5.74, 6) is 0.997. The molecule has 3 heteroatoms. The van der Waals surface area contributed by atoms with Gasteiger partial charge in [0.25, 0.3) is 0 Å². The molecule has 138 valence electrons. The van der Waals surface area contributed by atoms with Gasteiger partial charge in [0.1, 0.15) is 5.40 Å². The van der Waals surface area contributed by atoms with Crippen LogP contribution < -0.4 is 0 Å². The fraction of sp³-hybridized carbons (Fsp3) is 0.762. The maximum Gasteiger partial charge on any atom is 0.133 e. The fourth-order valence-corrected chi connectivity index (χ4v) is 2.90. The van der Waals surface area contributed by atoms with Crippen molar-refractivity contribution in [3.8, 4) is 5.40 Å². The third-order valence-electron chi connectivity index (χ3n) is 3.99. The molecule has 0 aromatic heterocycles.